The summed E-state index contributed by atoms with van der Waals surface area (Å²) in [4.78, 5) is 31.8. The van der Waals surface area contributed by atoms with Gasteiger partial charge in [0, 0.05) is 38.6 Å². The molecule has 210 valence electrons. The molecule has 1 aliphatic rings. The van der Waals surface area contributed by atoms with Gasteiger partial charge in [0.25, 0.3) is 0 Å². The molecule has 0 bridgehead atoms. The third-order valence-electron chi connectivity index (χ3n) is 7.15. The first-order valence-corrected chi connectivity index (χ1v) is 14.6. The molecule has 0 saturated heterocycles. The van der Waals surface area contributed by atoms with E-state index in [4.69, 9.17) is 30.5 Å². The van der Waals surface area contributed by atoms with Crippen LogP contribution >= 0.6 is 23.4 Å². The Balaban J connectivity index is 1.48. The second-order valence-corrected chi connectivity index (χ2v) is 11.6. The largest absolute Gasteiger partial charge is 0.497 e. The highest BCUT2D eigenvalue weighted by Crippen LogP contribution is 2.47. The molecule has 6 rings (SSSR count). The summed E-state index contributed by atoms with van der Waals surface area (Å²) in [6, 6.07) is 27.8. The molecule has 0 N–H and O–H groups in total. The second kappa shape index (κ2) is 11.9. The maximum absolute atomic E-state index is 13.0. The van der Waals surface area contributed by atoms with Crippen molar-refractivity contribution in [3.63, 3.8) is 0 Å². The number of Topliss-reactive ketones (excluding diaryl/α,β-unsaturated/α-hetero) is 1. The zero-order chi connectivity index (χ0) is 29.2. The summed E-state index contributed by atoms with van der Waals surface area (Å²) < 4.78 is 17.4. The van der Waals surface area contributed by atoms with Gasteiger partial charge in [0.1, 0.15) is 11.5 Å². The number of ether oxygens (including phenoxy) is 2. The summed E-state index contributed by atoms with van der Waals surface area (Å²) in [6.07, 6.45) is 0.518. The van der Waals surface area contributed by atoms with E-state index in [1.165, 1.54) is 6.07 Å². The summed E-state index contributed by atoms with van der Waals surface area (Å²) in [5, 5.41) is 1.31. The van der Waals surface area contributed by atoms with Crippen molar-refractivity contribution >= 4 is 51.5 Å². The Morgan fingerprint density at radius 1 is 1.02 bits per heavy atom. The molecule has 0 fully saturated rings. The zero-order valence-corrected chi connectivity index (χ0v) is 24.5. The summed E-state index contributed by atoms with van der Waals surface area (Å²) in [5.74, 6) is 0.984. The van der Waals surface area contributed by atoms with Gasteiger partial charge in [0.05, 0.1) is 24.1 Å². The molecule has 42 heavy (non-hydrogen) atoms. The van der Waals surface area contributed by atoms with Crippen molar-refractivity contribution in [2.24, 2.45) is 4.99 Å². The smallest absolute Gasteiger partial charge is 0.336 e. The van der Waals surface area contributed by atoms with Crippen LogP contribution in [0.3, 0.4) is 0 Å². The van der Waals surface area contributed by atoms with Crippen LogP contribution in [0.1, 0.15) is 38.7 Å². The fourth-order valence-electron chi connectivity index (χ4n) is 4.99. The quantitative estimate of drug-likeness (QED) is 0.139. The van der Waals surface area contributed by atoms with Crippen molar-refractivity contribution in [2.75, 3.05) is 13.7 Å². The van der Waals surface area contributed by atoms with Gasteiger partial charge in [-0.05, 0) is 78.7 Å². The van der Waals surface area contributed by atoms with Gasteiger partial charge in [-0.15, -0.1) is 11.8 Å². The molecule has 2 heterocycles. The van der Waals surface area contributed by atoms with Gasteiger partial charge in [-0.2, -0.15) is 0 Å². The Kier molecular flexibility index (Phi) is 7.87. The van der Waals surface area contributed by atoms with Gasteiger partial charge in [0.2, 0.25) is 0 Å². The maximum Gasteiger partial charge on any atom is 0.336 e. The first kappa shape index (κ1) is 27.8. The van der Waals surface area contributed by atoms with Crippen LogP contribution in [0.2, 0.25) is 5.02 Å². The molecule has 1 aliphatic heterocycles. The number of rotatable bonds is 7. The van der Waals surface area contributed by atoms with Crippen LogP contribution in [-0.4, -0.2) is 25.2 Å². The minimum Gasteiger partial charge on any atom is -0.497 e. The van der Waals surface area contributed by atoms with E-state index in [0.29, 0.717) is 39.6 Å². The van der Waals surface area contributed by atoms with E-state index in [0.717, 1.165) is 32.8 Å². The van der Waals surface area contributed by atoms with Crippen LogP contribution in [0.5, 0.6) is 11.5 Å². The zero-order valence-electron chi connectivity index (χ0n) is 22.9. The number of nitrogens with zero attached hydrogens (tertiary/aromatic N) is 1. The van der Waals surface area contributed by atoms with Crippen molar-refractivity contribution in [3.8, 4) is 11.5 Å². The van der Waals surface area contributed by atoms with Gasteiger partial charge >= 0.3 is 5.63 Å². The predicted octanol–water partition coefficient (Wildman–Crippen LogP) is 8.38. The number of fused-ring (bicyclic) bond motifs is 2. The molecule has 8 heteroatoms. The van der Waals surface area contributed by atoms with Gasteiger partial charge in [-0.25, -0.2) is 4.79 Å². The maximum atomic E-state index is 13.0. The van der Waals surface area contributed by atoms with E-state index in [1.807, 2.05) is 49.4 Å². The minimum absolute atomic E-state index is 0.00589. The Labute approximate surface area is 252 Å². The van der Waals surface area contributed by atoms with Gasteiger partial charge in [-0.1, -0.05) is 35.9 Å². The summed E-state index contributed by atoms with van der Waals surface area (Å²) in [5.41, 5.74) is 4.35. The molecule has 1 aromatic heterocycles. The van der Waals surface area contributed by atoms with E-state index in [9.17, 15) is 9.59 Å². The first-order chi connectivity index (χ1) is 20.4. The van der Waals surface area contributed by atoms with Crippen LogP contribution < -0.4 is 15.1 Å². The number of thioether (sulfide) groups is 1. The molecule has 0 amide bonds. The number of carbonyl (C=O) groups excluding carboxylic acids is 1. The summed E-state index contributed by atoms with van der Waals surface area (Å²) >= 11 is 7.72. The van der Waals surface area contributed by atoms with E-state index in [-0.39, 0.29) is 17.6 Å². The third kappa shape index (κ3) is 5.71. The van der Waals surface area contributed by atoms with E-state index >= 15 is 0 Å². The number of hydrogen-bond donors (Lipinski definition) is 0. The van der Waals surface area contributed by atoms with Crippen molar-refractivity contribution in [2.45, 2.75) is 23.5 Å². The molecule has 0 unspecified atom stereocenters. The summed E-state index contributed by atoms with van der Waals surface area (Å²) in [6.45, 7) is 1.66. The lowest BCUT2D eigenvalue weighted by Gasteiger charge is -2.19. The van der Waals surface area contributed by atoms with Gasteiger partial charge in [-0.3, -0.25) is 9.79 Å². The fourth-order valence-corrected chi connectivity index (χ4v) is 6.35. The fraction of sp³-hybridized carbons (Fsp3) is 0.147. The third-order valence-corrected chi connectivity index (χ3v) is 8.73. The van der Waals surface area contributed by atoms with Crippen LogP contribution in [0.15, 0.2) is 110 Å². The molecule has 6 nitrogen and oxygen atoms in total. The Hall–Kier alpha value is -4.33. The molecule has 0 saturated carbocycles. The van der Waals surface area contributed by atoms with E-state index in [2.05, 4.69) is 18.2 Å². The van der Waals surface area contributed by atoms with Crippen molar-refractivity contribution in [3.05, 3.63) is 129 Å². The molecule has 4 aromatic carbocycles. The molecule has 0 spiro atoms. The van der Waals surface area contributed by atoms with Crippen molar-refractivity contribution in [1.82, 2.24) is 0 Å². The number of methoxy groups -OCH3 is 1. The number of aliphatic imine (C=N–C) groups is 1. The van der Waals surface area contributed by atoms with E-state index < -0.39 is 5.63 Å². The minimum atomic E-state index is -0.466. The number of ketones is 1. The standard InChI is InChI=1S/C34H26ClNO5S/c1-20-17-32(38)41-34-25(20)15-16-29(40-19-28(37)21-7-11-23(35)12-8-21)33(34)27-18-31(22-9-13-24(39-2)14-10-22)42-30-6-4-3-5-26(30)36-27/h3-17,31H,18-19H2,1-2H3/t31-/m0/s1. The number of carbonyl (C=O) groups is 1. The lowest BCUT2D eigenvalue weighted by Crippen LogP contribution is -2.15. The van der Waals surface area contributed by atoms with Gasteiger partial charge < -0.3 is 13.9 Å². The van der Waals surface area contributed by atoms with Crippen LogP contribution in [0.4, 0.5) is 5.69 Å². The highest BCUT2D eigenvalue weighted by atomic mass is 35.5. The molecule has 0 radical (unpaired) electrons. The number of halogens is 1. The number of hydrogen-bond acceptors (Lipinski definition) is 7. The lowest BCUT2D eigenvalue weighted by atomic mass is 9.97. The van der Waals surface area contributed by atoms with E-state index in [1.54, 1.807) is 43.1 Å². The SMILES string of the molecule is COc1ccc([C@@H]2CC(c3c(OCC(=O)c4ccc(Cl)cc4)ccc4c(C)cc(=O)oc34)=Nc3ccccc3S2)cc1. The summed E-state index contributed by atoms with van der Waals surface area (Å²) in [7, 11) is 1.64. The Morgan fingerprint density at radius 3 is 2.55 bits per heavy atom. The monoisotopic (exact) mass is 595 g/mol. The molecule has 1 atom stereocenters. The van der Waals surface area contributed by atoms with Crippen LogP contribution in [0.25, 0.3) is 11.0 Å². The Bertz CT molecular complexity index is 1880. The number of aryl methyl sites for hydroxylation is 1. The van der Waals surface area contributed by atoms with Crippen molar-refractivity contribution < 1.29 is 18.7 Å². The molecular formula is C34H26ClNO5S. The number of para-hydroxylation sites is 1. The average Bonchev–Trinajstić information content (AvgIpc) is 3.19. The number of benzene rings is 4. The molecule has 0 aliphatic carbocycles. The average molecular weight is 596 g/mol. The lowest BCUT2D eigenvalue weighted by molar-refractivity contribution is 0.0921. The van der Waals surface area contributed by atoms with Gasteiger partial charge in [0.15, 0.2) is 18.0 Å². The van der Waals surface area contributed by atoms with Crippen LogP contribution in [0, 0.1) is 6.92 Å². The normalized spacial score (nSPS) is 14.5. The Morgan fingerprint density at radius 2 is 1.79 bits per heavy atom. The predicted molar refractivity (Wildman–Crippen MR) is 167 cm³/mol. The topological polar surface area (TPSA) is 78.1 Å². The van der Waals surface area contributed by atoms with Crippen LogP contribution in [-0.2, 0) is 0 Å². The molecular weight excluding hydrogens is 570 g/mol. The molecule has 5 aromatic rings. The van der Waals surface area contributed by atoms with Crippen molar-refractivity contribution in [1.29, 1.82) is 0 Å². The highest BCUT2D eigenvalue weighted by molar-refractivity contribution is 7.99. The first-order valence-electron chi connectivity index (χ1n) is 13.4. The highest BCUT2D eigenvalue weighted by Gasteiger charge is 2.27. The second-order valence-electron chi connectivity index (χ2n) is 9.89.